The first-order valence-electron chi connectivity index (χ1n) is 4.84. The van der Waals surface area contributed by atoms with Crippen LogP contribution >= 0.6 is 11.6 Å². The number of nitrogen functional groups attached to an aromatic ring is 1. The minimum atomic E-state index is 0.465. The highest BCUT2D eigenvalue weighted by Crippen LogP contribution is 2.26. The molecular weight excluding hydrogens is 222 g/mol. The molecule has 4 heteroatoms. The molecule has 0 fully saturated rings. The number of anilines is 1. The Morgan fingerprint density at radius 2 is 2.12 bits per heavy atom. The highest BCUT2D eigenvalue weighted by atomic mass is 35.5. The van der Waals surface area contributed by atoms with Crippen LogP contribution in [0.4, 0.5) is 5.82 Å². The van der Waals surface area contributed by atoms with E-state index in [1.807, 2.05) is 25.1 Å². The monoisotopic (exact) mass is 233 g/mol. The lowest BCUT2D eigenvalue weighted by atomic mass is 10.0. The highest BCUT2D eigenvalue weighted by molar-refractivity contribution is 6.31. The maximum absolute atomic E-state index is 6.04. The second-order valence-corrected chi connectivity index (χ2v) is 4.15. The number of H-pyrrole nitrogens is 1. The van der Waals surface area contributed by atoms with Crippen LogP contribution in [-0.4, -0.2) is 10.2 Å². The Bertz CT molecular complexity index is 543. The molecular formula is C12H12ClN3. The van der Waals surface area contributed by atoms with Gasteiger partial charge in [-0.3, -0.25) is 5.10 Å². The molecule has 0 aliphatic carbocycles. The average molecular weight is 234 g/mol. The molecule has 16 heavy (non-hydrogen) atoms. The molecule has 1 aromatic heterocycles. The summed E-state index contributed by atoms with van der Waals surface area (Å²) in [4.78, 5) is 0. The number of allylic oxidation sites excluding steroid dienone is 1. The number of aromatic amines is 1. The number of nitrogens with zero attached hydrogens (tertiary/aromatic N) is 1. The summed E-state index contributed by atoms with van der Waals surface area (Å²) >= 11 is 6.04. The third kappa shape index (κ3) is 2.09. The van der Waals surface area contributed by atoms with E-state index in [1.54, 1.807) is 6.07 Å². The van der Waals surface area contributed by atoms with E-state index in [9.17, 15) is 0 Å². The summed E-state index contributed by atoms with van der Waals surface area (Å²) in [5, 5.41) is 7.41. The van der Waals surface area contributed by atoms with E-state index in [2.05, 4.69) is 16.8 Å². The van der Waals surface area contributed by atoms with Gasteiger partial charge in [0.25, 0.3) is 0 Å². The van der Waals surface area contributed by atoms with Crippen molar-refractivity contribution in [3.63, 3.8) is 0 Å². The van der Waals surface area contributed by atoms with Crippen molar-refractivity contribution in [2.75, 3.05) is 5.73 Å². The van der Waals surface area contributed by atoms with Gasteiger partial charge in [0, 0.05) is 16.7 Å². The van der Waals surface area contributed by atoms with E-state index in [1.165, 1.54) is 0 Å². The van der Waals surface area contributed by atoms with Crippen molar-refractivity contribution < 1.29 is 0 Å². The van der Waals surface area contributed by atoms with Crippen LogP contribution in [0.3, 0.4) is 0 Å². The summed E-state index contributed by atoms with van der Waals surface area (Å²) in [7, 11) is 0. The number of hydrogen-bond donors (Lipinski definition) is 2. The van der Waals surface area contributed by atoms with Crippen molar-refractivity contribution in [1.29, 1.82) is 0 Å². The lowest BCUT2D eigenvalue weighted by molar-refractivity contribution is 1.10. The van der Waals surface area contributed by atoms with E-state index in [4.69, 9.17) is 17.3 Å². The van der Waals surface area contributed by atoms with Gasteiger partial charge in [0.1, 0.15) is 5.82 Å². The average Bonchev–Trinajstić information content (AvgIpc) is 2.64. The smallest absolute Gasteiger partial charge is 0.145 e. The molecule has 0 saturated heterocycles. The van der Waals surface area contributed by atoms with Gasteiger partial charge in [0.2, 0.25) is 0 Å². The van der Waals surface area contributed by atoms with Gasteiger partial charge < -0.3 is 5.73 Å². The molecule has 1 heterocycles. The summed E-state index contributed by atoms with van der Waals surface area (Å²) in [6, 6.07) is 7.52. The van der Waals surface area contributed by atoms with Gasteiger partial charge >= 0.3 is 0 Å². The molecule has 82 valence electrons. The Morgan fingerprint density at radius 3 is 2.69 bits per heavy atom. The maximum atomic E-state index is 6.04. The first kappa shape index (κ1) is 10.8. The second kappa shape index (κ2) is 4.02. The standard InChI is InChI=1S/C12H12ClN3/c1-7(2)8-3-9(5-10(13)4-8)11-6-12(14)16-15-11/h3-6H,1H2,2H3,(H3,14,15,16). The molecule has 0 radical (unpaired) electrons. The normalized spacial score (nSPS) is 10.4. The van der Waals surface area contributed by atoms with Crippen LogP contribution in [0.2, 0.25) is 5.02 Å². The van der Waals surface area contributed by atoms with E-state index in [0.29, 0.717) is 10.8 Å². The van der Waals surface area contributed by atoms with Gasteiger partial charge in [0.15, 0.2) is 0 Å². The molecule has 0 aliphatic heterocycles. The summed E-state index contributed by atoms with van der Waals surface area (Å²) in [5.41, 5.74) is 9.34. The Labute approximate surface area is 98.9 Å². The van der Waals surface area contributed by atoms with Gasteiger partial charge in [-0.25, -0.2) is 0 Å². The Balaban J connectivity index is 2.53. The van der Waals surface area contributed by atoms with Crippen LogP contribution in [-0.2, 0) is 0 Å². The van der Waals surface area contributed by atoms with Crippen molar-refractivity contribution in [2.45, 2.75) is 6.92 Å². The molecule has 0 aliphatic rings. The zero-order valence-corrected chi connectivity index (χ0v) is 9.67. The topological polar surface area (TPSA) is 54.7 Å². The Kier molecular flexibility index (Phi) is 2.71. The molecule has 0 bridgehead atoms. The first-order chi connectivity index (χ1) is 7.56. The van der Waals surface area contributed by atoms with Gasteiger partial charge in [-0.1, -0.05) is 23.8 Å². The number of benzene rings is 1. The van der Waals surface area contributed by atoms with E-state index < -0.39 is 0 Å². The highest BCUT2D eigenvalue weighted by Gasteiger charge is 2.05. The molecule has 1 aromatic carbocycles. The molecule has 0 atom stereocenters. The summed E-state index contributed by atoms with van der Waals surface area (Å²) < 4.78 is 0. The molecule has 0 unspecified atom stereocenters. The number of rotatable bonds is 2. The number of hydrogen-bond acceptors (Lipinski definition) is 2. The van der Waals surface area contributed by atoms with Crippen molar-refractivity contribution >= 4 is 23.0 Å². The zero-order valence-electron chi connectivity index (χ0n) is 8.92. The zero-order chi connectivity index (χ0) is 11.7. The fraction of sp³-hybridized carbons (Fsp3) is 0.0833. The lowest BCUT2D eigenvalue weighted by Gasteiger charge is -2.04. The van der Waals surface area contributed by atoms with Gasteiger partial charge in [-0.05, 0) is 30.7 Å². The first-order valence-corrected chi connectivity index (χ1v) is 5.22. The molecule has 0 amide bonds. The summed E-state index contributed by atoms with van der Waals surface area (Å²) in [5.74, 6) is 0.465. The van der Waals surface area contributed by atoms with E-state index in [0.717, 1.165) is 22.4 Å². The predicted molar refractivity (Wildman–Crippen MR) is 68.2 cm³/mol. The second-order valence-electron chi connectivity index (χ2n) is 3.72. The van der Waals surface area contributed by atoms with E-state index in [-0.39, 0.29) is 0 Å². The van der Waals surface area contributed by atoms with Gasteiger partial charge in [-0.15, -0.1) is 0 Å². The van der Waals surface area contributed by atoms with Crippen LogP contribution < -0.4 is 5.73 Å². The molecule has 3 nitrogen and oxygen atoms in total. The quantitative estimate of drug-likeness (QED) is 0.836. The fourth-order valence-electron chi connectivity index (χ4n) is 1.48. The van der Waals surface area contributed by atoms with Gasteiger partial charge in [0.05, 0.1) is 5.69 Å². The molecule has 2 aromatic rings. The van der Waals surface area contributed by atoms with Crippen LogP contribution in [0.1, 0.15) is 12.5 Å². The molecule has 0 saturated carbocycles. The van der Waals surface area contributed by atoms with Crippen LogP contribution in [0.25, 0.3) is 16.8 Å². The van der Waals surface area contributed by atoms with Crippen molar-refractivity contribution in [1.82, 2.24) is 10.2 Å². The SMILES string of the molecule is C=C(C)c1cc(Cl)cc(-c2cc(N)n[nH]2)c1. The molecule has 2 rings (SSSR count). The largest absolute Gasteiger partial charge is 0.382 e. The minimum Gasteiger partial charge on any atom is -0.382 e. The fourth-order valence-corrected chi connectivity index (χ4v) is 1.71. The van der Waals surface area contributed by atoms with Crippen LogP contribution in [0.15, 0.2) is 30.8 Å². The van der Waals surface area contributed by atoms with Crippen LogP contribution in [0, 0.1) is 0 Å². The number of halogens is 1. The van der Waals surface area contributed by atoms with Gasteiger partial charge in [-0.2, -0.15) is 5.10 Å². The third-order valence-electron chi connectivity index (χ3n) is 2.30. The van der Waals surface area contributed by atoms with E-state index >= 15 is 0 Å². The Morgan fingerprint density at radius 1 is 1.38 bits per heavy atom. The van der Waals surface area contributed by atoms with Crippen molar-refractivity contribution in [3.05, 3.63) is 41.4 Å². The molecule has 3 N–H and O–H groups in total. The summed E-state index contributed by atoms with van der Waals surface area (Å²) in [6.07, 6.45) is 0. The number of aromatic nitrogens is 2. The van der Waals surface area contributed by atoms with Crippen molar-refractivity contribution in [3.8, 4) is 11.3 Å². The minimum absolute atomic E-state index is 0.465. The lowest BCUT2D eigenvalue weighted by Crippen LogP contribution is -1.83. The number of nitrogens with two attached hydrogens (primary N) is 1. The third-order valence-corrected chi connectivity index (χ3v) is 2.52. The maximum Gasteiger partial charge on any atom is 0.145 e. The Hall–Kier alpha value is -1.74. The van der Waals surface area contributed by atoms with Crippen LogP contribution in [0.5, 0.6) is 0 Å². The van der Waals surface area contributed by atoms with Crippen molar-refractivity contribution in [2.24, 2.45) is 0 Å². The number of nitrogens with one attached hydrogen (secondary N) is 1. The molecule has 0 spiro atoms. The predicted octanol–water partition coefficient (Wildman–Crippen LogP) is 3.35. The summed E-state index contributed by atoms with van der Waals surface area (Å²) in [6.45, 7) is 5.84.